The van der Waals surface area contributed by atoms with Gasteiger partial charge in [0.05, 0.1) is 6.61 Å². The van der Waals surface area contributed by atoms with Gasteiger partial charge in [0.2, 0.25) is 0 Å². The van der Waals surface area contributed by atoms with Gasteiger partial charge in [0, 0.05) is 11.6 Å². The summed E-state index contributed by atoms with van der Waals surface area (Å²) >= 11 is 0. The first-order valence-corrected chi connectivity index (χ1v) is 6.78. The van der Waals surface area contributed by atoms with Crippen molar-refractivity contribution >= 4 is 0 Å². The fourth-order valence-electron chi connectivity index (χ4n) is 2.81. The quantitative estimate of drug-likeness (QED) is 0.842. The van der Waals surface area contributed by atoms with Crippen LogP contribution in [-0.2, 0) is 0 Å². The molecule has 94 valence electrons. The third-order valence-electron chi connectivity index (χ3n) is 3.68. The van der Waals surface area contributed by atoms with E-state index < -0.39 is 0 Å². The molecular weight excluding hydrogens is 210 g/mol. The summed E-state index contributed by atoms with van der Waals surface area (Å²) in [5, 5.41) is 0. The normalized spacial score (nSPS) is 18.2. The Bertz CT molecular complexity index is 345. The Morgan fingerprint density at radius 1 is 1.29 bits per heavy atom. The summed E-state index contributed by atoms with van der Waals surface area (Å²) in [4.78, 5) is 0. The third-order valence-corrected chi connectivity index (χ3v) is 3.68. The van der Waals surface area contributed by atoms with Crippen LogP contribution in [0.3, 0.4) is 0 Å². The van der Waals surface area contributed by atoms with Crippen molar-refractivity contribution in [3.8, 4) is 5.75 Å². The van der Waals surface area contributed by atoms with E-state index in [9.17, 15) is 0 Å². The number of rotatable bonds is 5. The molecule has 17 heavy (non-hydrogen) atoms. The number of hydrogen-bond donors (Lipinski definition) is 1. The van der Waals surface area contributed by atoms with Crippen molar-refractivity contribution in [3.63, 3.8) is 0 Å². The number of ether oxygens (including phenoxy) is 1. The second kappa shape index (κ2) is 6.06. The van der Waals surface area contributed by atoms with Gasteiger partial charge in [-0.3, -0.25) is 0 Å². The predicted octanol–water partition coefficient (Wildman–Crippen LogP) is 3.67. The SMILES string of the molecule is CCOc1ccccc1C(N)CC1CCCC1. The lowest BCUT2D eigenvalue weighted by molar-refractivity contribution is 0.330. The largest absolute Gasteiger partial charge is 0.494 e. The lowest BCUT2D eigenvalue weighted by Crippen LogP contribution is -2.15. The Balaban J connectivity index is 2.03. The Morgan fingerprint density at radius 2 is 2.00 bits per heavy atom. The minimum Gasteiger partial charge on any atom is -0.494 e. The molecule has 2 rings (SSSR count). The van der Waals surface area contributed by atoms with Crippen LogP contribution in [0.2, 0.25) is 0 Å². The van der Waals surface area contributed by atoms with Gasteiger partial charge in [-0.2, -0.15) is 0 Å². The van der Waals surface area contributed by atoms with Crippen LogP contribution in [0.4, 0.5) is 0 Å². The van der Waals surface area contributed by atoms with E-state index in [4.69, 9.17) is 10.5 Å². The van der Waals surface area contributed by atoms with Crippen LogP contribution in [0.1, 0.15) is 50.6 Å². The second-order valence-corrected chi connectivity index (χ2v) is 4.96. The van der Waals surface area contributed by atoms with Gasteiger partial charge in [0.1, 0.15) is 5.75 Å². The van der Waals surface area contributed by atoms with Crippen LogP contribution in [0, 0.1) is 5.92 Å². The molecule has 1 aliphatic rings. The zero-order chi connectivity index (χ0) is 12.1. The molecule has 2 N–H and O–H groups in total. The molecule has 1 atom stereocenters. The van der Waals surface area contributed by atoms with Crippen molar-refractivity contribution in [2.24, 2.45) is 11.7 Å². The van der Waals surface area contributed by atoms with Gasteiger partial charge in [-0.25, -0.2) is 0 Å². The standard InChI is InChI=1S/C15H23NO/c1-2-17-15-10-6-5-9-13(15)14(16)11-12-7-3-4-8-12/h5-6,9-10,12,14H,2-4,7-8,11,16H2,1H3. The highest BCUT2D eigenvalue weighted by Gasteiger charge is 2.20. The molecule has 1 fully saturated rings. The van der Waals surface area contributed by atoms with Gasteiger partial charge in [0.15, 0.2) is 0 Å². The summed E-state index contributed by atoms with van der Waals surface area (Å²) in [5.41, 5.74) is 7.49. The molecule has 1 saturated carbocycles. The zero-order valence-electron chi connectivity index (χ0n) is 10.7. The van der Waals surface area contributed by atoms with Crippen molar-refractivity contribution in [1.82, 2.24) is 0 Å². The van der Waals surface area contributed by atoms with Crippen molar-refractivity contribution in [1.29, 1.82) is 0 Å². The molecule has 2 nitrogen and oxygen atoms in total. The van der Waals surface area contributed by atoms with Crippen LogP contribution in [0.5, 0.6) is 5.75 Å². The molecule has 0 spiro atoms. The fourth-order valence-corrected chi connectivity index (χ4v) is 2.81. The number of hydrogen-bond acceptors (Lipinski definition) is 2. The first-order valence-electron chi connectivity index (χ1n) is 6.78. The Morgan fingerprint density at radius 3 is 2.71 bits per heavy atom. The zero-order valence-corrected chi connectivity index (χ0v) is 10.7. The van der Waals surface area contributed by atoms with Crippen molar-refractivity contribution in [2.45, 2.75) is 45.1 Å². The molecule has 1 aromatic carbocycles. The Kier molecular flexibility index (Phi) is 4.43. The highest BCUT2D eigenvalue weighted by molar-refractivity contribution is 5.35. The maximum Gasteiger partial charge on any atom is 0.124 e. The topological polar surface area (TPSA) is 35.2 Å². The average Bonchev–Trinajstić information content (AvgIpc) is 2.83. The van der Waals surface area contributed by atoms with Crippen LogP contribution in [-0.4, -0.2) is 6.61 Å². The van der Waals surface area contributed by atoms with Crippen molar-refractivity contribution in [3.05, 3.63) is 29.8 Å². The first kappa shape index (κ1) is 12.4. The molecule has 1 unspecified atom stereocenters. The highest BCUT2D eigenvalue weighted by Crippen LogP contribution is 2.34. The Hall–Kier alpha value is -1.02. The number of para-hydroxylation sites is 1. The van der Waals surface area contributed by atoms with Gasteiger partial charge in [-0.15, -0.1) is 0 Å². The lowest BCUT2D eigenvalue weighted by Gasteiger charge is -2.19. The monoisotopic (exact) mass is 233 g/mol. The van der Waals surface area contributed by atoms with Crippen molar-refractivity contribution < 1.29 is 4.74 Å². The van der Waals surface area contributed by atoms with E-state index >= 15 is 0 Å². The molecular formula is C15H23NO. The maximum atomic E-state index is 6.33. The summed E-state index contributed by atoms with van der Waals surface area (Å²) in [7, 11) is 0. The van der Waals surface area contributed by atoms with E-state index in [0.29, 0.717) is 6.61 Å². The van der Waals surface area contributed by atoms with Gasteiger partial charge in [-0.05, 0) is 25.3 Å². The van der Waals surface area contributed by atoms with Crippen molar-refractivity contribution in [2.75, 3.05) is 6.61 Å². The van der Waals surface area contributed by atoms with E-state index in [0.717, 1.165) is 18.1 Å². The summed E-state index contributed by atoms with van der Waals surface area (Å²) in [6.07, 6.45) is 6.56. The van der Waals surface area contributed by atoms with Crippen LogP contribution < -0.4 is 10.5 Å². The summed E-state index contributed by atoms with van der Waals surface area (Å²) in [6.45, 7) is 2.71. The smallest absolute Gasteiger partial charge is 0.124 e. The minimum atomic E-state index is 0.126. The molecule has 0 radical (unpaired) electrons. The molecule has 0 aromatic heterocycles. The third kappa shape index (κ3) is 3.22. The number of benzene rings is 1. The highest BCUT2D eigenvalue weighted by atomic mass is 16.5. The van der Waals surface area contributed by atoms with Gasteiger partial charge >= 0.3 is 0 Å². The van der Waals surface area contributed by atoms with Crippen LogP contribution in [0.15, 0.2) is 24.3 Å². The molecule has 0 heterocycles. The molecule has 1 aliphatic carbocycles. The maximum absolute atomic E-state index is 6.33. The van der Waals surface area contributed by atoms with E-state index in [1.54, 1.807) is 0 Å². The molecule has 0 aliphatic heterocycles. The summed E-state index contributed by atoms with van der Waals surface area (Å²) in [5.74, 6) is 1.78. The molecule has 0 amide bonds. The van der Waals surface area contributed by atoms with E-state index in [-0.39, 0.29) is 6.04 Å². The number of nitrogens with two attached hydrogens (primary N) is 1. The summed E-state index contributed by atoms with van der Waals surface area (Å²) < 4.78 is 5.64. The van der Waals surface area contributed by atoms with E-state index in [1.165, 1.54) is 31.2 Å². The van der Waals surface area contributed by atoms with E-state index in [1.807, 2.05) is 25.1 Å². The molecule has 0 saturated heterocycles. The average molecular weight is 233 g/mol. The fraction of sp³-hybridized carbons (Fsp3) is 0.600. The lowest BCUT2D eigenvalue weighted by atomic mass is 9.94. The molecule has 0 bridgehead atoms. The minimum absolute atomic E-state index is 0.126. The molecule has 2 heteroatoms. The van der Waals surface area contributed by atoms with Crippen LogP contribution in [0.25, 0.3) is 0 Å². The molecule has 1 aromatic rings. The predicted molar refractivity (Wildman–Crippen MR) is 71.1 cm³/mol. The Labute approximate surface area is 104 Å². The first-order chi connectivity index (χ1) is 8.31. The second-order valence-electron chi connectivity index (χ2n) is 4.96. The van der Waals surface area contributed by atoms with Crippen LogP contribution >= 0.6 is 0 Å². The van der Waals surface area contributed by atoms with Gasteiger partial charge in [0.25, 0.3) is 0 Å². The van der Waals surface area contributed by atoms with Gasteiger partial charge in [-0.1, -0.05) is 43.9 Å². The van der Waals surface area contributed by atoms with E-state index in [2.05, 4.69) is 6.07 Å². The van der Waals surface area contributed by atoms with Gasteiger partial charge < -0.3 is 10.5 Å². The summed E-state index contributed by atoms with van der Waals surface area (Å²) in [6, 6.07) is 8.31.